The van der Waals surface area contributed by atoms with E-state index in [-0.39, 0.29) is 10.9 Å². The van der Waals surface area contributed by atoms with Crippen LogP contribution in [0.25, 0.3) is 0 Å². The van der Waals surface area contributed by atoms with E-state index < -0.39 is 14.5 Å². The van der Waals surface area contributed by atoms with Crippen LogP contribution in [0.4, 0.5) is 0 Å². The van der Waals surface area contributed by atoms with Crippen LogP contribution in [-0.4, -0.2) is 32.1 Å². The highest BCUT2D eigenvalue weighted by Crippen LogP contribution is 2.38. The van der Waals surface area contributed by atoms with Gasteiger partial charge in [-0.3, -0.25) is 9.63 Å². The number of hydrogen-bond donors (Lipinski definition) is 0. The van der Waals surface area contributed by atoms with E-state index in [1.165, 1.54) is 5.06 Å². The molecule has 0 fully saturated rings. The molecule has 0 saturated carbocycles. The van der Waals surface area contributed by atoms with E-state index in [9.17, 15) is 4.79 Å². The Bertz CT molecular complexity index is 563. The Kier molecular flexibility index (Phi) is 5.44. The fourth-order valence-corrected chi connectivity index (χ4v) is 3.21. The third-order valence-corrected chi connectivity index (χ3v) is 8.95. The number of nitrogens with zero attached hydrogens (tertiary/aromatic N) is 1. The van der Waals surface area contributed by atoms with Crippen molar-refractivity contribution < 1.29 is 14.1 Å². The molecule has 1 heterocycles. The van der Waals surface area contributed by atoms with E-state index in [2.05, 4.69) is 33.9 Å². The number of benzene rings is 1. The fraction of sp³-hybridized carbons (Fsp3) is 0.500. The second-order valence-corrected chi connectivity index (χ2v) is 12.1. The first kappa shape index (κ1) is 17.9. The van der Waals surface area contributed by atoms with Gasteiger partial charge in [-0.1, -0.05) is 57.2 Å². The highest BCUT2D eigenvalue weighted by atomic mass is 28.4. The van der Waals surface area contributed by atoms with Gasteiger partial charge in [-0.15, -0.1) is 0 Å². The Morgan fingerprint density at radius 3 is 2.57 bits per heavy atom. The number of hydrogen-bond acceptors (Lipinski definition) is 3. The highest BCUT2D eigenvalue weighted by molar-refractivity contribution is 6.74. The van der Waals surface area contributed by atoms with Crippen LogP contribution in [-0.2, 0) is 20.5 Å². The van der Waals surface area contributed by atoms with Gasteiger partial charge in [0.1, 0.15) is 0 Å². The SMILES string of the molecule is CC(C)(C)[Si](C)(C)OC1C=CCON1C(=O)Cc1ccccc1. The summed E-state index contributed by atoms with van der Waals surface area (Å²) in [7, 11) is -2.00. The van der Waals surface area contributed by atoms with Crippen molar-refractivity contribution in [2.45, 2.75) is 51.6 Å². The Morgan fingerprint density at radius 1 is 1.30 bits per heavy atom. The fourth-order valence-electron chi connectivity index (χ4n) is 2.08. The Hall–Kier alpha value is -1.43. The lowest BCUT2D eigenvalue weighted by Crippen LogP contribution is -2.51. The molecule has 1 atom stereocenters. The average molecular weight is 334 g/mol. The number of rotatable bonds is 4. The van der Waals surface area contributed by atoms with Crippen molar-refractivity contribution in [1.29, 1.82) is 0 Å². The normalized spacial score (nSPS) is 19.0. The van der Waals surface area contributed by atoms with Crippen LogP contribution in [0, 0.1) is 0 Å². The van der Waals surface area contributed by atoms with Crippen molar-refractivity contribution in [1.82, 2.24) is 5.06 Å². The number of carbonyl (C=O) groups excluding carboxylic acids is 1. The van der Waals surface area contributed by atoms with Crippen molar-refractivity contribution >= 4 is 14.2 Å². The zero-order valence-electron chi connectivity index (χ0n) is 14.7. The second kappa shape index (κ2) is 6.99. The summed E-state index contributed by atoms with van der Waals surface area (Å²) in [4.78, 5) is 18.2. The van der Waals surface area contributed by atoms with Gasteiger partial charge in [-0.2, -0.15) is 5.06 Å². The van der Waals surface area contributed by atoms with Gasteiger partial charge in [0.2, 0.25) is 0 Å². The lowest BCUT2D eigenvalue weighted by atomic mass is 10.1. The van der Waals surface area contributed by atoms with E-state index >= 15 is 0 Å². The van der Waals surface area contributed by atoms with Crippen LogP contribution >= 0.6 is 0 Å². The monoisotopic (exact) mass is 333 g/mol. The zero-order chi connectivity index (χ0) is 17.1. The predicted molar refractivity (Wildman–Crippen MR) is 94.2 cm³/mol. The van der Waals surface area contributed by atoms with Gasteiger partial charge in [0.25, 0.3) is 5.91 Å². The van der Waals surface area contributed by atoms with Crippen LogP contribution in [0.2, 0.25) is 18.1 Å². The molecule has 0 aromatic heterocycles. The van der Waals surface area contributed by atoms with Gasteiger partial charge in [0, 0.05) is 0 Å². The third-order valence-electron chi connectivity index (χ3n) is 4.51. The predicted octanol–water partition coefficient (Wildman–Crippen LogP) is 3.91. The summed E-state index contributed by atoms with van der Waals surface area (Å²) in [6, 6.07) is 9.70. The maximum absolute atomic E-state index is 12.6. The molecule has 0 saturated heterocycles. The first-order valence-corrected chi connectivity index (χ1v) is 10.9. The lowest BCUT2D eigenvalue weighted by molar-refractivity contribution is -0.219. The maximum Gasteiger partial charge on any atom is 0.253 e. The van der Waals surface area contributed by atoms with Gasteiger partial charge in [-0.25, -0.2) is 0 Å². The van der Waals surface area contributed by atoms with Gasteiger partial charge in [0.05, 0.1) is 13.0 Å². The molecule has 2 rings (SSSR count). The molecular formula is C18H27NO3Si. The van der Waals surface area contributed by atoms with Crippen LogP contribution in [0.3, 0.4) is 0 Å². The molecule has 0 spiro atoms. The molecule has 23 heavy (non-hydrogen) atoms. The molecule has 1 unspecified atom stereocenters. The molecule has 5 heteroatoms. The number of carbonyl (C=O) groups is 1. The van der Waals surface area contributed by atoms with Gasteiger partial charge < -0.3 is 4.43 Å². The molecule has 0 bridgehead atoms. The molecular weight excluding hydrogens is 306 g/mol. The summed E-state index contributed by atoms with van der Waals surface area (Å²) in [5.41, 5.74) is 0.974. The second-order valence-electron chi connectivity index (χ2n) is 7.37. The molecule has 1 aromatic carbocycles. The molecule has 1 aromatic rings. The minimum Gasteiger partial charge on any atom is -0.392 e. The van der Waals surface area contributed by atoms with E-state index in [0.717, 1.165) is 5.56 Å². The highest BCUT2D eigenvalue weighted by Gasteiger charge is 2.41. The summed E-state index contributed by atoms with van der Waals surface area (Å²) >= 11 is 0. The van der Waals surface area contributed by atoms with Crippen LogP contribution in [0.5, 0.6) is 0 Å². The van der Waals surface area contributed by atoms with E-state index in [4.69, 9.17) is 9.26 Å². The van der Waals surface area contributed by atoms with Crippen molar-refractivity contribution in [3.8, 4) is 0 Å². The summed E-state index contributed by atoms with van der Waals surface area (Å²) < 4.78 is 6.35. The van der Waals surface area contributed by atoms with Gasteiger partial charge in [0.15, 0.2) is 14.5 Å². The van der Waals surface area contributed by atoms with Crippen molar-refractivity contribution in [2.75, 3.05) is 6.61 Å². The van der Waals surface area contributed by atoms with Crippen molar-refractivity contribution in [3.05, 3.63) is 48.0 Å². The first-order chi connectivity index (χ1) is 10.7. The number of hydroxylamine groups is 2. The number of amides is 1. The molecule has 126 valence electrons. The minimum atomic E-state index is -2.00. The molecule has 0 aliphatic carbocycles. The maximum atomic E-state index is 12.6. The topological polar surface area (TPSA) is 38.8 Å². The third kappa shape index (κ3) is 4.53. The molecule has 1 aliphatic rings. The minimum absolute atomic E-state index is 0.0758. The Balaban J connectivity index is 2.10. The van der Waals surface area contributed by atoms with Crippen molar-refractivity contribution in [3.63, 3.8) is 0 Å². The molecule has 1 amide bonds. The van der Waals surface area contributed by atoms with Gasteiger partial charge in [-0.05, 0) is 29.8 Å². The van der Waals surface area contributed by atoms with Crippen LogP contribution < -0.4 is 0 Å². The standard InChI is InChI=1S/C18H27NO3Si/c1-18(2,3)23(4,5)22-17-12-9-13-21-19(17)16(20)14-15-10-7-6-8-11-15/h6-12,17H,13-14H2,1-5H3. The quantitative estimate of drug-likeness (QED) is 0.619. The average Bonchev–Trinajstić information content (AvgIpc) is 2.47. The van der Waals surface area contributed by atoms with Crippen molar-refractivity contribution in [2.24, 2.45) is 0 Å². The van der Waals surface area contributed by atoms with E-state index in [1.54, 1.807) is 0 Å². The van der Waals surface area contributed by atoms with Crippen LogP contribution in [0.15, 0.2) is 42.5 Å². The van der Waals surface area contributed by atoms with E-state index in [0.29, 0.717) is 13.0 Å². The van der Waals surface area contributed by atoms with E-state index in [1.807, 2.05) is 42.5 Å². The zero-order valence-corrected chi connectivity index (χ0v) is 15.7. The Morgan fingerprint density at radius 2 is 1.96 bits per heavy atom. The molecule has 1 aliphatic heterocycles. The molecule has 0 radical (unpaired) electrons. The van der Waals surface area contributed by atoms with Crippen LogP contribution in [0.1, 0.15) is 26.3 Å². The first-order valence-electron chi connectivity index (χ1n) is 8.04. The molecule has 0 N–H and O–H groups in total. The summed E-state index contributed by atoms with van der Waals surface area (Å²) in [5.74, 6) is -0.0794. The summed E-state index contributed by atoms with van der Waals surface area (Å²) in [6.45, 7) is 11.3. The van der Waals surface area contributed by atoms with Gasteiger partial charge >= 0.3 is 0 Å². The smallest absolute Gasteiger partial charge is 0.253 e. The summed E-state index contributed by atoms with van der Waals surface area (Å²) in [6.07, 6.45) is 3.70. The lowest BCUT2D eigenvalue weighted by Gasteiger charge is -2.42. The molecule has 4 nitrogen and oxygen atoms in total. The Labute approximate surface area is 140 Å². The largest absolute Gasteiger partial charge is 0.392 e. The summed E-state index contributed by atoms with van der Waals surface area (Å²) in [5, 5.41) is 1.47.